The van der Waals surface area contributed by atoms with Crippen molar-refractivity contribution in [1.82, 2.24) is 0 Å². The van der Waals surface area contributed by atoms with Crippen LogP contribution in [0, 0.1) is 0 Å². The maximum absolute atomic E-state index is 12.2. The van der Waals surface area contributed by atoms with E-state index in [1.807, 2.05) is 24.3 Å². The summed E-state index contributed by atoms with van der Waals surface area (Å²) in [6, 6.07) is 14.8. The summed E-state index contributed by atoms with van der Waals surface area (Å²) in [5, 5.41) is 5.94. The van der Waals surface area contributed by atoms with Gasteiger partial charge in [0.1, 0.15) is 0 Å². The van der Waals surface area contributed by atoms with Crippen LogP contribution in [0.1, 0.15) is 22.8 Å². The quantitative estimate of drug-likeness (QED) is 0.759. The molecule has 5 heteroatoms. The van der Waals surface area contributed by atoms with Gasteiger partial charge in [0.2, 0.25) is 0 Å². The fourth-order valence-corrected chi connectivity index (χ4v) is 2.11. The number of nitrogens with one attached hydrogen (secondary N) is 2. The highest BCUT2D eigenvalue weighted by Gasteiger charge is 2.08. The normalized spacial score (nSPS) is 9.95. The number of benzene rings is 2. The number of carbonyl (C=O) groups is 1. The zero-order chi connectivity index (χ0) is 15.2. The first kappa shape index (κ1) is 15.0. The van der Waals surface area contributed by atoms with Gasteiger partial charge in [-0.3, -0.25) is 4.79 Å². The zero-order valence-electron chi connectivity index (χ0n) is 11.7. The maximum atomic E-state index is 12.2. The molecule has 0 aromatic heterocycles. The predicted octanol–water partition coefficient (Wildman–Crippen LogP) is 3.16. The Bertz CT molecular complexity index is 653. The molecule has 4 nitrogen and oxygen atoms in total. The molecule has 2 aromatic rings. The van der Waals surface area contributed by atoms with E-state index in [4.69, 9.17) is 18.0 Å². The average Bonchev–Trinajstić information content (AvgIpc) is 2.48. The maximum Gasteiger partial charge on any atom is 0.255 e. The zero-order valence-corrected chi connectivity index (χ0v) is 12.5. The minimum absolute atomic E-state index is 0.141. The molecule has 0 saturated carbocycles. The topological polar surface area (TPSA) is 67.2 Å². The van der Waals surface area contributed by atoms with Gasteiger partial charge >= 0.3 is 0 Å². The van der Waals surface area contributed by atoms with Crippen molar-refractivity contribution in [1.29, 1.82) is 0 Å². The van der Waals surface area contributed by atoms with Crippen LogP contribution in [0.2, 0.25) is 0 Å². The average molecular weight is 299 g/mol. The number of rotatable bonds is 4. The minimum Gasteiger partial charge on any atom is -0.376 e. The summed E-state index contributed by atoms with van der Waals surface area (Å²) >= 11 is 4.76. The Balaban J connectivity index is 2.11. The van der Waals surface area contributed by atoms with Gasteiger partial charge in [0, 0.05) is 16.9 Å². The molecule has 0 bridgehead atoms. The van der Waals surface area contributed by atoms with E-state index >= 15 is 0 Å². The number of carbonyl (C=O) groups excluding carboxylic acids is 1. The summed E-state index contributed by atoms with van der Waals surface area (Å²) in [7, 11) is 0. The van der Waals surface area contributed by atoms with Crippen molar-refractivity contribution >= 4 is 34.6 Å². The fraction of sp³-hybridized carbons (Fsp3) is 0.125. The summed E-state index contributed by atoms with van der Waals surface area (Å²) < 4.78 is 0. The number of anilines is 2. The van der Waals surface area contributed by atoms with Gasteiger partial charge in [-0.2, -0.15) is 0 Å². The molecule has 0 aliphatic carbocycles. The summed E-state index contributed by atoms with van der Waals surface area (Å²) in [6.07, 6.45) is 0.868. The van der Waals surface area contributed by atoms with E-state index in [9.17, 15) is 4.79 Å². The Morgan fingerprint density at radius 1 is 1.10 bits per heavy atom. The first-order valence-electron chi connectivity index (χ1n) is 6.66. The number of hydrogen-bond donors (Lipinski definition) is 3. The third kappa shape index (κ3) is 4.03. The van der Waals surface area contributed by atoms with Crippen molar-refractivity contribution in [2.75, 3.05) is 10.6 Å². The van der Waals surface area contributed by atoms with Gasteiger partial charge in [-0.1, -0.05) is 25.1 Å². The molecule has 0 heterocycles. The van der Waals surface area contributed by atoms with Gasteiger partial charge in [0.05, 0.1) is 0 Å². The highest BCUT2D eigenvalue weighted by Crippen LogP contribution is 2.17. The van der Waals surface area contributed by atoms with Crippen LogP contribution >= 0.6 is 12.2 Å². The van der Waals surface area contributed by atoms with Crippen LogP contribution in [0.25, 0.3) is 0 Å². The molecule has 21 heavy (non-hydrogen) atoms. The lowest BCUT2D eigenvalue weighted by molar-refractivity contribution is 0.102. The summed E-state index contributed by atoms with van der Waals surface area (Å²) in [6.45, 7) is 2.06. The Morgan fingerprint density at radius 2 is 1.76 bits per heavy atom. The Labute approximate surface area is 129 Å². The van der Waals surface area contributed by atoms with Crippen molar-refractivity contribution in [3.05, 3.63) is 59.7 Å². The second-order valence-electron chi connectivity index (χ2n) is 4.53. The van der Waals surface area contributed by atoms with Crippen LogP contribution in [0.15, 0.2) is 48.5 Å². The van der Waals surface area contributed by atoms with Crippen LogP contribution in [0.3, 0.4) is 0 Å². The molecule has 0 unspecified atom stereocenters. The van der Waals surface area contributed by atoms with Crippen molar-refractivity contribution in [2.24, 2.45) is 5.73 Å². The molecular formula is C16H17N3OS. The molecule has 0 radical (unpaired) electrons. The SMILES string of the molecule is CCc1ccccc1NC(=O)c1ccc(NC(N)=S)cc1. The fourth-order valence-electron chi connectivity index (χ4n) is 1.99. The molecule has 4 N–H and O–H groups in total. The second kappa shape index (κ2) is 6.85. The first-order chi connectivity index (χ1) is 10.1. The van der Waals surface area contributed by atoms with Crippen LogP contribution in [-0.2, 0) is 6.42 Å². The van der Waals surface area contributed by atoms with Crippen LogP contribution in [0.5, 0.6) is 0 Å². The molecule has 0 aliphatic rings. The highest BCUT2D eigenvalue weighted by atomic mass is 32.1. The predicted molar refractivity (Wildman–Crippen MR) is 90.6 cm³/mol. The second-order valence-corrected chi connectivity index (χ2v) is 4.97. The Kier molecular flexibility index (Phi) is 4.90. The van der Waals surface area contributed by atoms with Crippen molar-refractivity contribution in [3.8, 4) is 0 Å². The van der Waals surface area contributed by atoms with E-state index in [-0.39, 0.29) is 11.0 Å². The monoisotopic (exact) mass is 299 g/mol. The van der Waals surface area contributed by atoms with E-state index < -0.39 is 0 Å². The lowest BCUT2D eigenvalue weighted by Crippen LogP contribution is -2.19. The van der Waals surface area contributed by atoms with Crippen molar-refractivity contribution in [2.45, 2.75) is 13.3 Å². The number of thiocarbonyl (C=S) groups is 1. The number of nitrogens with two attached hydrogens (primary N) is 1. The molecule has 0 saturated heterocycles. The molecule has 0 fully saturated rings. The molecular weight excluding hydrogens is 282 g/mol. The summed E-state index contributed by atoms with van der Waals surface area (Å²) in [5.41, 5.74) is 8.68. The van der Waals surface area contributed by atoms with Crippen LogP contribution in [0.4, 0.5) is 11.4 Å². The summed E-state index contributed by atoms with van der Waals surface area (Å²) in [4.78, 5) is 12.2. The van der Waals surface area contributed by atoms with Crippen molar-refractivity contribution < 1.29 is 4.79 Å². The molecule has 108 valence electrons. The number of amides is 1. The number of hydrogen-bond acceptors (Lipinski definition) is 2. The third-order valence-electron chi connectivity index (χ3n) is 3.06. The molecule has 0 atom stereocenters. The van der Waals surface area contributed by atoms with Crippen molar-refractivity contribution in [3.63, 3.8) is 0 Å². The van der Waals surface area contributed by atoms with Gasteiger partial charge in [-0.05, 0) is 54.5 Å². The number of aryl methyl sites for hydroxylation is 1. The van der Waals surface area contributed by atoms with E-state index in [2.05, 4.69) is 17.6 Å². The molecule has 1 amide bonds. The smallest absolute Gasteiger partial charge is 0.255 e. The molecule has 2 aromatic carbocycles. The molecule has 0 spiro atoms. The number of para-hydroxylation sites is 1. The first-order valence-corrected chi connectivity index (χ1v) is 7.06. The van der Waals surface area contributed by atoms with Gasteiger partial charge in [-0.15, -0.1) is 0 Å². The van der Waals surface area contributed by atoms with Gasteiger partial charge < -0.3 is 16.4 Å². The van der Waals surface area contributed by atoms with Crippen LogP contribution < -0.4 is 16.4 Å². The third-order valence-corrected chi connectivity index (χ3v) is 3.16. The Morgan fingerprint density at radius 3 is 2.38 bits per heavy atom. The van der Waals surface area contributed by atoms with Gasteiger partial charge in [0.25, 0.3) is 5.91 Å². The highest BCUT2D eigenvalue weighted by molar-refractivity contribution is 7.80. The van der Waals surface area contributed by atoms with Gasteiger partial charge in [0.15, 0.2) is 5.11 Å². The Hall–Kier alpha value is -2.40. The van der Waals surface area contributed by atoms with E-state index in [1.54, 1.807) is 24.3 Å². The van der Waals surface area contributed by atoms with E-state index in [1.165, 1.54) is 0 Å². The van der Waals surface area contributed by atoms with Crippen LogP contribution in [-0.4, -0.2) is 11.0 Å². The largest absolute Gasteiger partial charge is 0.376 e. The molecule has 2 rings (SSSR count). The summed E-state index contributed by atoms with van der Waals surface area (Å²) in [5.74, 6) is -0.141. The minimum atomic E-state index is -0.141. The van der Waals surface area contributed by atoms with E-state index in [0.29, 0.717) is 5.56 Å². The van der Waals surface area contributed by atoms with Gasteiger partial charge in [-0.25, -0.2) is 0 Å². The lowest BCUT2D eigenvalue weighted by atomic mass is 10.1. The molecule has 0 aliphatic heterocycles. The lowest BCUT2D eigenvalue weighted by Gasteiger charge is -2.10. The standard InChI is InChI=1S/C16H17N3OS/c1-2-11-5-3-4-6-14(11)19-15(20)12-7-9-13(10-8-12)18-16(17)21/h3-10H,2H2,1H3,(H,19,20)(H3,17,18,21). The van der Waals surface area contributed by atoms with E-state index in [0.717, 1.165) is 23.4 Å².